The number of rotatable bonds is 8. The molecule has 2 amide bonds. The fourth-order valence-corrected chi connectivity index (χ4v) is 3.72. The molecule has 0 atom stereocenters. The van der Waals surface area contributed by atoms with Gasteiger partial charge in [0.1, 0.15) is 12.2 Å². The van der Waals surface area contributed by atoms with Gasteiger partial charge in [-0.3, -0.25) is 39.5 Å². The van der Waals surface area contributed by atoms with Crippen LogP contribution in [0.4, 0.5) is 22.7 Å². The summed E-state index contributed by atoms with van der Waals surface area (Å²) < 4.78 is 1.31. The number of carboxylic acid groups (broad SMARTS) is 1. The van der Waals surface area contributed by atoms with Gasteiger partial charge in [0.15, 0.2) is 0 Å². The number of anilines is 2. The maximum absolute atomic E-state index is 12.6. The van der Waals surface area contributed by atoms with E-state index in [0.29, 0.717) is 5.56 Å². The topological polar surface area (TPSA) is 190 Å². The Labute approximate surface area is 207 Å². The number of aromatic nitrogens is 1. The summed E-state index contributed by atoms with van der Waals surface area (Å²) in [5.74, 6) is -2.49. The zero-order chi connectivity index (χ0) is 26.9. The molecule has 37 heavy (non-hydrogen) atoms. The zero-order valence-corrected chi connectivity index (χ0v) is 18.9. The van der Waals surface area contributed by atoms with Crippen LogP contribution in [0, 0.1) is 20.2 Å². The third-order valence-electron chi connectivity index (χ3n) is 5.50. The van der Waals surface area contributed by atoms with E-state index >= 15 is 0 Å². The first kappa shape index (κ1) is 24.6. The Bertz CT molecular complexity index is 1480. The van der Waals surface area contributed by atoms with Gasteiger partial charge in [0.25, 0.3) is 23.2 Å². The molecule has 0 saturated heterocycles. The number of nitro groups is 2. The molecule has 1 aliphatic rings. The number of nitro benzene ring substituents is 2. The Morgan fingerprint density at radius 3 is 2.38 bits per heavy atom. The smallest absolute Gasteiger partial charge is 0.323 e. The predicted molar refractivity (Wildman–Crippen MR) is 129 cm³/mol. The highest BCUT2D eigenvalue weighted by atomic mass is 16.6. The van der Waals surface area contributed by atoms with Crippen molar-refractivity contribution in [1.29, 1.82) is 0 Å². The van der Waals surface area contributed by atoms with Crippen molar-refractivity contribution in [3.05, 3.63) is 98.5 Å². The molecule has 0 fully saturated rings. The predicted octanol–water partition coefficient (Wildman–Crippen LogP) is 2.58. The lowest BCUT2D eigenvalue weighted by atomic mass is 10.1. The second-order valence-electron chi connectivity index (χ2n) is 7.92. The van der Waals surface area contributed by atoms with Crippen molar-refractivity contribution in [1.82, 2.24) is 9.88 Å². The van der Waals surface area contributed by atoms with Crippen LogP contribution in [0.2, 0.25) is 0 Å². The highest BCUT2D eigenvalue weighted by Crippen LogP contribution is 2.39. The summed E-state index contributed by atoms with van der Waals surface area (Å²) in [5.41, 5.74) is 0.436. The van der Waals surface area contributed by atoms with E-state index in [1.165, 1.54) is 53.4 Å². The molecule has 2 aromatic carbocycles. The van der Waals surface area contributed by atoms with Gasteiger partial charge in [0.05, 0.1) is 32.5 Å². The first-order valence-corrected chi connectivity index (χ1v) is 10.6. The van der Waals surface area contributed by atoms with Crippen LogP contribution >= 0.6 is 0 Å². The van der Waals surface area contributed by atoms with Crippen LogP contribution in [-0.4, -0.2) is 43.8 Å². The van der Waals surface area contributed by atoms with Crippen LogP contribution in [0.1, 0.15) is 15.9 Å². The molecular weight excluding hydrogens is 488 g/mol. The molecule has 1 aromatic heterocycles. The number of non-ortho nitro benzene ring substituents is 1. The van der Waals surface area contributed by atoms with Gasteiger partial charge in [-0.1, -0.05) is 18.7 Å². The van der Waals surface area contributed by atoms with E-state index in [4.69, 9.17) is 0 Å². The fraction of sp³-hybridized carbons (Fsp3) is 0.0870. The van der Waals surface area contributed by atoms with E-state index in [9.17, 15) is 39.7 Å². The van der Waals surface area contributed by atoms with Gasteiger partial charge >= 0.3 is 5.97 Å². The molecule has 0 unspecified atom stereocenters. The van der Waals surface area contributed by atoms with Crippen molar-refractivity contribution >= 4 is 40.5 Å². The molecule has 0 saturated carbocycles. The molecule has 4 rings (SSSR count). The quantitative estimate of drug-likeness (QED) is 0.234. The molecule has 3 aromatic rings. The molecule has 0 radical (unpaired) electrons. The monoisotopic (exact) mass is 506 g/mol. The van der Waals surface area contributed by atoms with Crippen molar-refractivity contribution < 1.29 is 29.3 Å². The van der Waals surface area contributed by atoms with Crippen molar-refractivity contribution in [2.45, 2.75) is 6.54 Å². The summed E-state index contributed by atoms with van der Waals surface area (Å²) >= 11 is 0. The van der Waals surface area contributed by atoms with Crippen LogP contribution in [0.25, 0.3) is 5.69 Å². The summed E-state index contributed by atoms with van der Waals surface area (Å²) in [4.78, 5) is 58.8. The first-order valence-electron chi connectivity index (χ1n) is 10.6. The first-order chi connectivity index (χ1) is 17.5. The van der Waals surface area contributed by atoms with E-state index in [2.05, 4.69) is 17.2 Å². The maximum atomic E-state index is 12.6. The van der Waals surface area contributed by atoms with Crippen molar-refractivity contribution in [3.63, 3.8) is 0 Å². The summed E-state index contributed by atoms with van der Waals surface area (Å²) in [5, 5.41) is 37.1. The second-order valence-corrected chi connectivity index (χ2v) is 7.92. The largest absolute Gasteiger partial charge is 0.480 e. The number of aliphatic carboxylic acids is 1. The van der Waals surface area contributed by atoms with Crippen LogP contribution in [-0.2, 0) is 16.1 Å². The molecule has 14 nitrogen and oxygen atoms in total. The third kappa shape index (κ3) is 4.97. The summed E-state index contributed by atoms with van der Waals surface area (Å²) in [6, 6.07) is 9.51. The lowest BCUT2D eigenvalue weighted by Gasteiger charge is -2.30. The summed E-state index contributed by atoms with van der Waals surface area (Å²) in [6.45, 7) is 2.93. The molecule has 0 bridgehead atoms. The minimum absolute atomic E-state index is 0.00401. The Kier molecular flexibility index (Phi) is 6.39. The number of carboxylic acids is 1. The average molecular weight is 506 g/mol. The zero-order valence-electron chi connectivity index (χ0n) is 18.9. The number of amides is 2. The summed E-state index contributed by atoms with van der Waals surface area (Å²) in [6.07, 6.45) is 2.76. The SMILES string of the molecule is C=C1Nc2cc([N+](=O)[O-])c(-n3ccc(C(=O)NCc4ccc([N+](=O)[O-])cc4)c3)cc2N(CC(=O)O)C1=O. The molecule has 0 aliphatic carbocycles. The number of benzene rings is 2. The third-order valence-corrected chi connectivity index (χ3v) is 5.50. The minimum atomic E-state index is -1.29. The Hall–Kier alpha value is -5.53. The summed E-state index contributed by atoms with van der Waals surface area (Å²) in [7, 11) is 0. The van der Waals surface area contributed by atoms with E-state index in [-0.39, 0.29) is 46.2 Å². The van der Waals surface area contributed by atoms with Gasteiger partial charge in [-0.15, -0.1) is 0 Å². The molecule has 3 N–H and O–H groups in total. The normalized spacial score (nSPS) is 12.5. The van der Waals surface area contributed by atoms with Crippen LogP contribution in [0.15, 0.2) is 67.1 Å². The highest BCUT2D eigenvalue weighted by molar-refractivity contribution is 6.14. The number of nitrogens with one attached hydrogen (secondary N) is 2. The van der Waals surface area contributed by atoms with E-state index in [0.717, 1.165) is 11.0 Å². The van der Waals surface area contributed by atoms with Crippen molar-refractivity contribution in [3.8, 4) is 5.69 Å². The van der Waals surface area contributed by atoms with Gasteiger partial charge in [0.2, 0.25) is 0 Å². The Morgan fingerprint density at radius 2 is 1.76 bits per heavy atom. The molecule has 188 valence electrons. The minimum Gasteiger partial charge on any atom is -0.480 e. The lowest BCUT2D eigenvalue weighted by Crippen LogP contribution is -2.41. The van der Waals surface area contributed by atoms with Crippen LogP contribution in [0.5, 0.6) is 0 Å². The number of hydrogen-bond acceptors (Lipinski definition) is 8. The number of carbonyl (C=O) groups excluding carboxylic acids is 2. The van der Waals surface area contributed by atoms with Crippen molar-refractivity contribution in [2.75, 3.05) is 16.8 Å². The highest BCUT2D eigenvalue weighted by Gasteiger charge is 2.32. The van der Waals surface area contributed by atoms with Crippen LogP contribution < -0.4 is 15.5 Å². The lowest BCUT2D eigenvalue weighted by molar-refractivity contribution is -0.384. The second kappa shape index (κ2) is 9.61. The number of fused-ring (bicyclic) bond motifs is 1. The number of hydrogen-bond donors (Lipinski definition) is 3. The standard InChI is InChI=1S/C23H18N6O8/c1-13-23(33)27(12-21(30)31)18-9-19(20(29(36)37)8-17(18)25-13)26-7-6-15(11-26)22(32)24-10-14-2-4-16(5-3-14)28(34)35/h2-9,11,25H,1,10,12H2,(H,24,32)(H,30,31). The van der Waals surface area contributed by atoms with Crippen LogP contribution in [0.3, 0.4) is 0 Å². The van der Waals surface area contributed by atoms with E-state index in [1.54, 1.807) is 0 Å². The van der Waals surface area contributed by atoms with Gasteiger partial charge in [-0.2, -0.15) is 0 Å². The van der Waals surface area contributed by atoms with E-state index in [1.807, 2.05) is 0 Å². The fourth-order valence-electron chi connectivity index (χ4n) is 3.72. The maximum Gasteiger partial charge on any atom is 0.323 e. The number of nitrogens with zero attached hydrogens (tertiary/aromatic N) is 4. The number of carbonyl (C=O) groups is 3. The van der Waals surface area contributed by atoms with Gasteiger partial charge in [-0.05, 0) is 17.7 Å². The van der Waals surface area contributed by atoms with E-state index < -0.39 is 34.2 Å². The molecule has 14 heteroatoms. The molecule has 0 spiro atoms. The molecular formula is C23H18N6O8. The van der Waals surface area contributed by atoms with Gasteiger partial charge in [0, 0.05) is 37.1 Å². The van der Waals surface area contributed by atoms with Gasteiger partial charge < -0.3 is 20.3 Å². The van der Waals surface area contributed by atoms with Crippen molar-refractivity contribution in [2.24, 2.45) is 0 Å². The molecule has 1 aliphatic heterocycles. The molecule has 2 heterocycles. The Balaban J connectivity index is 1.62. The Morgan fingerprint density at radius 1 is 1.05 bits per heavy atom. The van der Waals surface area contributed by atoms with Gasteiger partial charge in [-0.25, -0.2) is 0 Å². The average Bonchev–Trinajstić information content (AvgIpc) is 3.35.